The summed E-state index contributed by atoms with van der Waals surface area (Å²) in [6, 6.07) is 12.9. The summed E-state index contributed by atoms with van der Waals surface area (Å²) < 4.78 is 0. The van der Waals surface area contributed by atoms with Crippen LogP contribution in [0.1, 0.15) is 23.6 Å². The lowest BCUT2D eigenvalue weighted by Gasteiger charge is -2.13. The zero-order valence-corrected chi connectivity index (χ0v) is 13.5. The highest BCUT2D eigenvalue weighted by molar-refractivity contribution is 5.78. The summed E-state index contributed by atoms with van der Waals surface area (Å²) in [5.41, 5.74) is 3.25. The van der Waals surface area contributed by atoms with Crippen LogP contribution in [-0.4, -0.2) is 22.7 Å². The molecular weight excluding hydrogens is 290 g/mol. The molecule has 2 rings (SSSR count). The maximum atomic E-state index is 12.1. The molecule has 0 heterocycles. The Morgan fingerprint density at radius 1 is 1.04 bits per heavy atom. The first-order valence-corrected chi connectivity index (χ1v) is 7.80. The summed E-state index contributed by atoms with van der Waals surface area (Å²) >= 11 is 0. The van der Waals surface area contributed by atoms with Crippen LogP contribution in [0.3, 0.4) is 0 Å². The second kappa shape index (κ2) is 7.68. The molecule has 0 spiro atoms. The Morgan fingerprint density at radius 3 is 2.35 bits per heavy atom. The van der Waals surface area contributed by atoms with Crippen molar-refractivity contribution in [3.05, 3.63) is 59.2 Å². The van der Waals surface area contributed by atoms with Gasteiger partial charge >= 0.3 is 0 Å². The van der Waals surface area contributed by atoms with E-state index in [1.54, 1.807) is 6.07 Å². The van der Waals surface area contributed by atoms with Gasteiger partial charge in [0.15, 0.2) is 11.5 Å². The fourth-order valence-corrected chi connectivity index (χ4v) is 2.40. The van der Waals surface area contributed by atoms with Crippen LogP contribution in [0, 0.1) is 12.8 Å². The average Bonchev–Trinajstić information content (AvgIpc) is 2.52. The van der Waals surface area contributed by atoms with Gasteiger partial charge in [-0.25, -0.2) is 0 Å². The molecule has 0 bridgehead atoms. The van der Waals surface area contributed by atoms with E-state index in [1.165, 1.54) is 23.3 Å². The Kier molecular flexibility index (Phi) is 5.63. The summed E-state index contributed by atoms with van der Waals surface area (Å²) in [5.74, 6) is -0.514. The summed E-state index contributed by atoms with van der Waals surface area (Å²) in [5, 5.41) is 21.7. The highest BCUT2D eigenvalue weighted by atomic mass is 16.3. The molecule has 0 saturated carbocycles. The van der Waals surface area contributed by atoms with Gasteiger partial charge in [-0.3, -0.25) is 4.79 Å². The molecule has 0 aliphatic carbocycles. The van der Waals surface area contributed by atoms with E-state index in [4.69, 9.17) is 0 Å². The number of benzene rings is 2. The summed E-state index contributed by atoms with van der Waals surface area (Å²) in [6.45, 7) is 4.51. The molecule has 4 nitrogen and oxygen atoms in total. The van der Waals surface area contributed by atoms with Crippen LogP contribution in [0.25, 0.3) is 0 Å². The van der Waals surface area contributed by atoms with E-state index in [-0.39, 0.29) is 23.3 Å². The first-order valence-electron chi connectivity index (χ1n) is 7.80. The van der Waals surface area contributed by atoms with Gasteiger partial charge in [0.05, 0.1) is 0 Å². The normalized spacial score (nSPS) is 11.9. The van der Waals surface area contributed by atoms with Crippen LogP contribution < -0.4 is 5.32 Å². The number of aromatic hydroxyl groups is 2. The minimum Gasteiger partial charge on any atom is -0.504 e. The third kappa shape index (κ3) is 5.02. The molecule has 0 aromatic heterocycles. The average molecular weight is 313 g/mol. The Morgan fingerprint density at radius 2 is 1.70 bits per heavy atom. The van der Waals surface area contributed by atoms with Crippen molar-refractivity contribution in [3.8, 4) is 11.5 Å². The van der Waals surface area contributed by atoms with E-state index >= 15 is 0 Å². The number of rotatable bonds is 6. The Labute approximate surface area is 136 Å². The third-order valence-corrected chi connectivity index (χ3v) is 3.86. The minimum absolute atomic E-state index is 0.00956. The van der Waals surface area contributed by atoms with Crippen molar-refractivity contribution in [2.75, 3.05) is 6.54 Å². The van der Waals surface area contributed by atoms with Gasteiger partial charge in [-0.05, 0) is 43.0 Å². The van der Waals surface area contributed by atoms with Crippen LogP contribution in [0.15, 0.2) is 42.5 Å². The number of nitrogens with one attached hydrogen (secondary N) is 1. The largest absolute Gasteiger partial charge is 0.504 e. The minimum atomic E-state index is -0.197. The van der Waals surface area contributed by atoms with Gasteiger partial charge in [0.2, 0.25) is 5.91 Å². The summed E-state index contributed by atoms with van der Waals surface area (Å²) in [4.78, 5) is 12.1. The molecule has 2 aromatic carbocycles. The van der Waals surface area contributed by atoms with E-state index in [9.17, 15) is 15.0 Å². The van der Waals surface area contributed by atoms with Crippen LogP contribution in [0.2, 0.25) is 0 Å². The molecule has 0 fully saturated rings. The van der Waals surface area contributed by atoms with E-state index in [1.807, 2.05) is 13.8 Å². The first-order chi connectivity index (χ1) is 11.0. The zero-order chi connectivity index (χ0) is 16.8. The number of phenols is 2. The molecule has 1 unspecified atom stereocenters. The second-order valence-corrected chi connectivity index (χ2v) is 5.95. The van der Waals surface area contributed by atoms with Gasteiger partial charge < -0.3 is 15.5 Å². The van der Waals surface area contributed by atoms with Crippen molar-refractivity contribution < 1.29 is 15.0 Å². The number of aryl methyl sites for hydroxylation is 1. The number of carbonyl (C=O) groups is 1. The topological polar surface area (TPSA) is 69.6 Å². The number of hydrogen-bond acceptors (Lipinski definition) is 3. The molecule has 0 aliphatic heterocycles. The smallest absolute Gasteiger partial charge is 0.223 e. The monoisotopic (exact) mass is 313 g/mol. The van der Waals surface area contributed by atoms with Gasteiger partial charge in [0, 0.05) is 12.5 Å². The van der Waals surface area contributed by atoms with E-state index in [2.05, 4.69) is 29.6 Å². The Balaban J connectivity index is 1.80. The first kappa shape index (κ1) is 16.9. The second-order valence-electron chi connectivity index (χ2n) is 5.95. The van der Waals surface area contributed by atoms with Crippen molar-refractivity contribution in [3.63, 3.8) is 0 Å². The fraction of sp³-hybridized carbons (Fsp3) is 0.316. The van der Waals surface area contributed by atoms with Crippen LogP contribution >= 0.6 is 0 Å². The van der Waals surface area contributed by atoms with Crippen molar-refractivity contribution >= 4 is 5.91 Å². The van der Waals surface area contributed by atoms with Crippen LogP contribution in [-0.2, 0) is 17.6 Å². The van der Waals surface area contributed by atoms with Gasteiger partial charge in [0.1, 0.15) is 0 Å². The molecule has 1 atom stereocenters. The molecule has 2 aromatic rings. The Bertz CT molecular complexity index is 665. The van der Waals surface area contributed by atoms with E-state index < -0.39 is 0 Å². The van der Waals surface area contributed by atoms with E-state index in [0.717, 1.165) is 12.0 Å². The molecule has 0 aliphatic rings. The predicted octanol–water partition coefficient (Wildman–Crippen LogP) is 2.94. The highest BCUT2D eigenvalue weighted by Gasteiger charge is 2.14. The van der Waals surface area contributed by atoms with Crippen LogP contribution in [0.4, 0.5) is 0 Å². The molecule has 1 amide bonds. The quantitative estimate of drug-likeness (QED) is 0.718. The van der Waals surface area contributed by atoms with Gasteiger partial charge in [-0.2, -0.15) is 0 Å². The lowest BCUT2D eigenvalue weighted by molar-refractivity contribution is -0.124. The maximum Gasteiger partial charge on any atom is 0.223 e. The molecule has 122 valence electrons. The third-order valence-electron chi connectivity index (χ3n) is 3.86. The summed E-state index contributed by atoms with van der Waals surface area (Å²) in [6.07, 6.45) is 1.32. The van der Waals surface area contributed by atoms with Gasteiger partial charge in [-0.1, -0.05) is 42.8 Å². The highest BCUT2D eigenvalue weighted by Crippen LogP contribution is 2.26. The molecule has 0 radical (unpaired) electrons. The molecule has 0 saturated heterocycles. The summed E-state index contributed by atoms with van der Waals surface area (Å²) in [7, 11) is 0. The lowest BCUT2D eigenvalue weighted by atomic mass is 10.00. The van der Waals surface area contributed by atoms with Crippen molar-refractivity contribution in [1.82, 2.24) is 5.32 Å². The SMILES string of the molecule is Cc1ccc(CCNC(=O)C(C)Cc2ccc(O)c(O)c2)cc1. The number of phenolic OH excluding ortho intramolecular Hbond substituents is 2. The van der Waals surface area contributed by atoms with E-state index in [0.29, 0.717) is 13.0 Å². The van der Waals surface area contributed by atoms with Crippen LogP contribution in [0.5, 0.6) is 11.5 Å². The predicted molar refractivity (Wildman–Crippen MR) is 90.5 cm³/mol. The number of carbonyl (C=O) groups excluding carboxylic acids is 1. The van der Waals surface area contributed by atoms with Crippen molar-refractivity contribution in [2.45, 2.75) is 26.7 Å². The number of amides is 1. The zero-order valence-electron chi connectivity index (χ0n) is 13.5. The molecular formula is C19H23NO3. The Hall–Kier alpha value is -2.49. The maximum absolute atomic E-state index is 12.1. The molecule has 4 heteroatoms. The van der Waals surface area contributed by atoms with Gasteiger partial charge in [0.25, 0.3) is 0 Å². The fourth-order valence-electron chi connectivity index (χ4n) is 2.40. The van der Waals surface area contributed by atoms with Gasteiger partial charge in [-0.15, -0.1) is 0 Å². The van der Waals surface area contributed by atoms with Crippen molar-refractivity contribution in [1.29, 1.82) is 0 Å². The molecule has 23 heavy (non-hydrogen) atoms. The standard InChI is InChI=1S/C19H23NO3/c1-13-3-5-15(6-4-13)9-10-20-19(23)14(2)11-16-7-8-17(21)18(22)12-16/h3-8,12,14,21-22H,9-11H2,1-2H3,(H,20,23). The number of hydrogen-bond donors (Lipinski definition) is 3. The lowest BCUT2D eigenvalue weighted by Crippen LogP contribution is -2.31. The van der Waals surface area contributed by atoms with Crippen molar-refractivity contribution in [2.24, 2.45) is 5.92 Å². The molecule has 3 N–H and O–H groups in total.